The van der Waals surface area contributed by atoms with Gasteiger partial charge < -0.3 is 14.2 Å². The lowest BCUT2D eigenvalue weighted by Crippen LogP contribution is -2.30. The molecule has 408 valence electrons. The Bertz CT molecular complexity index is 1520. The molecule has 0 saturated heterocycles. The predicted octanol–water partition coefficient (Wildman–Crippen LogP) is 20.0. The van der Waals surface area contributed by atoms with E-state index in [-0.39, 0.29) is 31.1 Å². The van der Waals surface area contributed by atoms with Crippen LogP contribution in [0.25, 0.3) is 0 Å². The van der Waals surface area contributed by atoms with E-state index in [0.717, 1.165) is 135 Å². The number of unbranched alkanes of at least 4 members (excludes halogenated alkanes) is 21. The van der Waals surface area contributed by atoms with Crippen LogP contribution < -0.4 is 0 Å². The third kappa shape index (κ3) is 56.7. The fourth-order valence-corrected chi connectivity index (χ4v) is 7.85. The first-order valence-electron chi connectivity index (χ1n) is 29.5. The zero-order valence-corrected chi connectivity index (χ0v) is 46.7. The Balaban J connectivity index is 4.11. The molecule has 6 nitrogen and oxygen atoms in total. The maximum Gasteiger partial charge on any atom is 0.306 e. The average molecular weight is 998 g/mol. The van der Waals surface area contributed by atoms with Crippen molar-refractivity contribution in [3.63, 3.8) is 0 Å². The number of hydrogen-bond donors (Lipinski definition) is 0. The van der Waals surface area contributed by atoms with Gasteiger partial charge in [-0.05, 0) is 109 Å². The Labute approximate surface area is 443 Å². The Kier molecular flexibility index (Phi) is 55.9. The summed E-state index contributed by atoms with van der Waals surface area (Å²) in [5.74, 6) is -0.927. The molecular weight excluding hydrogens is 889 g/mol. The molecule has 0 aliphatic carbocycles. The van der Waals surface area contributed by atoms with Gasteiger partial charge >= 0.3 is 17.9 Å². The number of allylic oxidation sites excluding steroid dienone is 20. The molecule has 0 aliphatic rings. The molecule has 0 saturated carbocycles. The maximum absolute atomic E-state index is 12.8. The molecule has 0 amide bonds. The van der Waals surface area contributed by atoms with Crippen LogP contribution in [-0.4, -0.2) is 37.2 Å². The first-order chi connectivity index (χ1) is 35.5. The van der Waals surface area contributed by atoms with Gasteiger partial charge in [0.25, 0.3) is 0 Å². The van der Waals surface area contributed by atoms with Crippen molar-refractivity contribution in [3.8, 4) is 0 Å². The second kappa shape index (κ2) is 59.4. The predicted molar refractivity (Wildman–Crippen MR) is 311 cm³/mol. The lowest BCUT2D eigenvalue weighted by Gasteiger charge is -2.18. The van der Waals surface area contributed by atoms with E-state index in [1.54, 1.807) is 0 Å². The van der Waals surface area contributed by atoms with E-state index in [4.69, 9.17) is 14.2 Å². The highest BCUT2D eigenvalue weighted by molar-refractivity contribution is 5.71. The van der Waals surface area contributed by atoms with Gasteiger partial charge in [-0.2, -0.15) is 0 Å². The molecule has 6 heteroatoms. The van der Waals surface area contributed by atoms with Gasteiger partial charge in [0.15, 0.2) is 6.10 Å². The molecule has 72 heavy (non-hydrogen) atoms. The van der Waals surface area contributed by atoms with E-state index in [1.165, 1.54) is 83.5 Å². The third-order valence-corrected chi connectivity index (χ3v) is 12.2. The van der Waals surface area contributed by atoms with Crippen LogP contribution in [-0.2, 0) is 28.6 Å². The van der Waals surface area contributed by atoms with E-state index < -0.39 is 6.10 Å². The zero-order valence-electron chi connectivity index (χ0n) is 46.7. The van der Waals surface area contributed by atoms with Crippen molar-refractivity contribution in [1.82, 2.24) is 0 Å². The number of rotatable bonds is 52. The monoisotopic (exact) mass is 997 g/mol. The van der Waals surface area contributed by atoms with Gasteiger partial charge in [0.1, 0.15) is 13.2 Å². The van der Waals surface area contributed by atoms with Crippen LogP contribution >= 0.6 is 0 Å². The molecular formula is C66H108O6. The van der Waals surface area contributed by atoms with Gasteiger partial charge in [-0.25, -0.2) is 0 Å². The number of ether oxygens (including phenoxy) is 3. The van der Waals surface area contributed by atoms with Crippen molar-refractivity contribution < 1.29 is 28.6 Å². The standard InChI is InChI=1S/C66H108O6/c1-4-7-10-13-16-18-20-22-24-26-27-28-29-30-31-32-33-34-35-36-37-38-39-41-42-44-46-48-50-53-56-59-65(68)71-62-63(61-70-64(67)58-55-52-15-12-9-6-3)72-66(69)60-57-54-51-49-47-45-43-40-25-23-21-19-17-14-11-8-5-2/h7-8,10-11,16-19,22-25,27-28,30-31,33-34,43,45,63H,4-6,9,12-15,20-21,26,29,32,35-42,44,46-62H2,1-3H3/b10-7-,11-8-,18-16-,19-17-,24-22-,25-23-,28-27-,31-30-,34-33-,45-43-. The fraction of sp³-hybridized carbons (Fsp3) is 0.652. The van der Waals surface area contributed by atoms with E-state index in [0.29, 0.717) is 19.3 Å². The first-order valence-corrected chi connectivity index (χ1v) is 29.5. The summed E-state index contributed by atoms with van der Waals surface area (Å²) >= 11 is 0. The number of esters is 3. The van der Waals surface area contributed by atoms with Crippen LogP contribution in [0.15, 0.2) is 122 Å². The number of carbonyl (C=O) groups excluding carboxylic acids is 3. The highest BCUT2D eigenvalue weighted by atomic mass is 16.6. The molecule has 0 radical (unpaired) electrons. The van der Waals surface area contributed by atoms with E-state index in [1.807, 2.05) is 0 Å². The molecule has 1 unspecified atom stereocenters. The molecule has 1 atom stereocenters. The summed E-state index contributed by atoms with van der Waals surface area (Å²) in [6, 6.07) is 0. The summed E-state index contributed by atoms with van der Waals surface area (Å²) in [6.45, 7) is 6.33. The molecule has 0 aromatic rings. The molecule has 0 bridgehead atoms. The molecule has 0 aromatic heterocycles. The van der Waals surface area contributed by atoms with Gasteiger partial charge in [0, 0.05) is 19.3 Å². The molecule has 0 aromatic carbocycles. The van der Waals surface area contributed by atoms with Gasteiger partial charge in [-0.1, -0.05) is 251 Å². The van der Waals surface area contributed by atoms with Crippen molar-refractivity contribution in [1.29, 1.82) is 0 Å². The lowest BCUT2D eigenvalue weighted by molar-refractivity contribution is -0.167. The Morgan fingerprint density at radius 1 is 0.292 bits per heavy atom. The summed E-state index contributed by atoms with van der Waals surface area (Å²) in [6.07, 6.45) is 82.3. The summed E-state index contributed by atoms with van der Waals surface area (Å²) in [5.41, 5.74) is 0. The second-order valence-corrected chi connectivity index (χ2v) is 19.1. The SMILES string of the molecule is CC/C=C\C/C=C\C/C=C\C/C=C\C/C=C\C/C=C\CCCCCCCCCCCCCCC(=O)OCC(COC(=O)CCCCCCCC)OC(=O)CCCCCC/C=C\C/C=C\C/C=C\C/C=C\CC. The second-order valence-electron chi connectivity index (χ2n) is 19.1. The quantitative estimate of drug-likeness (QED) is 0.0261. The number of hydrogen-bond acceptors (Lipinski definition) is 6. The van der Waals surface area contributed by atoms with E-state index in [2.05, 4.69) is 142 Å². The van der Waals surface area contributed by atoms with Crippen LogP contribution in [0.5, 0.6) is 0 Å². The minimum Gasteiger partial charge on any atom is -0.462 e. The number of carbonyl (C=O) groups is 3. The van der Waals surface area contributed by atoms with Crippen LogP contribution in [0.3, 0.4) is 0 Å². The summed E-state index contributed by atoms with van der Waals surface area (Å²) in [7, 11) is 0. The minimum atomic E-state index is -0.790. The van der Waals surface area contributed by atoms with E-state index >= 15 is 0 Å². The molecule has 0 heterocycles. The molecule has 0 spiro atoms. The minimum absolute atomic E-state index is 0.0897. The smallest absolute Gasteiger partial charge is 0.306 e. The highest BCUT2D eigenvalue weighted by Crippen LogP contribution is 2.15. The van der Waals surface area contributed by atoms with Crippen LogP contribution in [0.1, 0.15) is 258 Å². The highest BCUT2D eigenvalue weighted by Gasteiger charge is 2.19. The Hall–Kier alpha value is -4.19. The van der Waals surface area contributed by atoms with Gasteiger partial charge in [0.2, 0.25) is 0 Å². The van der Waals surface area contributed by atoms with Gasteiger partial charge in [0.05, 0.1) is 0 Å². The molecule has 0 fully saturated rings. The summed E-state index contributed by atoms with van der Waals surface area (Å²) in [5, 5.41) is 0. The molecule has 0 aliphatic heterocycles. The Morgan fingerprint density at radius 2 is 0.542 bits per heavy atom. The fourth-order valence-electron chi connectivity index (χ4n) is 7.85. The summed E-state index contributed by atoms with van der Waals surface area (Å²) < 4.78 is 16.7. The van der Waals surface area contributed by atoms with Crippen molar-refractivity contribution in [2.75, 3.05) is 13.2 Å². The normalized spacial score (nSPS) is 13.0. The zero-order chi connectivity index (χ0) is 52.2. The molecule has 0 N–H and O–H groups in total. The molecule has 0 rings (SSSR count). The topological polar surface area (TPSA) is 78.9 Å². The van der Waals surface area contributed by atoms with Crippen molar-refractivity contribution in [3.05, 3.63) is 122 Å². The maximum atomic E-state index is 12.8. The Morgan fingerprint density at radius 3 is 0.847 bits per heavy atom. The largest absolute Gasteiger partial charge is 0.462 e. The van der Waals surface area contributed by atoms with Crippen LogP contribution in [0.2, 0.25) is 0 Å². The van der Waals surface area contributed by atoms with Gasteiger partial charge in [-0.3, -0.25) is 14.4 Å². The van der Waals surface area contributed by atoms with Crippen LogP contribution in [0.4, 0.5) is 0 Å². The van der Waals surface area contributed by atoms with Gasteiger partial charge in [-0.15, -0.1) is 0 Å². The lowest BCUT2D eigenvalue weighted by atomic mass is 10.0. The summed E-state index contributed by atoms with van der Waals surface area (Å²) in [4.78, 5) is 37.9. The van der Waals surface area contributed by atoms with Crippen molar-refractivity contribution >= 4 is 17.9 Å². The third-order valence-electron chi connectivity index (χ3n) is 12.2. The average Bonchev–Trinajstić information content (AvgIpc) is 3.38. The van der Waals surface area contributed by atoms with Crippen molar-refractivity contribution in [2.45, 2.75) is 264 Å². The first kappa shape index (κ1) is 67.8. The van der Waals surface area contributed by atoms with Crippen LogP contribution in [0, 0.1) is 0 Å². The van der Waals surface area contributed by atoms with E-state index in [9.17, 15) is 14.4 Å². The van der Waals surface area contributed by atoms with Crippen molar-refractivity contribution in [2.24, 2.45) is 0 Å².